The number of para-hydroxylation sites is 1. The van der Waals surface area contributed by atoms with Crippen molar-refractivity contribution in [3.63, 3.8) is 0 Å². The first-order valence-electron chi connectivity index (χ1n) is 16.5. The second-order valence-electron chi connectivity index (χ2n) is 14.4. The molecular weight excluding hydrogens is 569 g/mol. The fourth-order valence-corrected chi connectivity index (χ4v) is 9.08. The summed E-state index contributed by atoms with van der Waals surface area (Å²) in [6.45, 7) is 9.47. The highest BCUT2D eigenvalue weighted by Gasteiger charge is 2.44. The Balaban J connectivity index is 1.40. The van der Waals surface area contributed by atoms with Crippen LogP contribution in [-0.2, 0) is 10.8 Å². The highest BCUT2D eigenvalue weighted by atomic mass is 15.0. The number of fused-ring (bicyclic) bond motifs is 3. The Bertz CT molecular complexity index is 2670. The number of nitrogens with zero attached hydrogens (tertiary/aromatic N) is 2. The molecule has 222 valence electrons. The minimum atomic E-state index is -0.321. The molecule has 2 aliphatic rings. The van der Waals surface area contributed by atoms with Crippen LogP contribution in [0, 0.1) is 11.3 Å². The Morgan fingerprint density at radius 2 is 0.979 bits per heavy atom. The molecule has 0 saturated carbocycles. The van der Waals surface area contributed by atoms with E-state index in [1.807, 2.05) is 0 Å². The van der Waals surface area contributed by atoms with E-state index in [-0.39, 0.29) is 10.8 Å². The standard InChI is InChI=1S/C45H32N2/c1-44(2)35-20-12-19-33-34-21-26(25-46)22-36-42(34)47(41(33)35)43-37(44)23-28(24-38(43)45(36,3)4)40-31-17-10-8-15-29(31)39(27-13-6-5-7-14-27)30-16-9-11-18-32(30)40/h5-24H,1-4H3. The first-order valence-corrected chi connectivity index (χ1v) is 16.5. The van der Waals surface area contributed by atoms with Crippen LogP contribution in [0.5, 0.6) is 0 Å². The lowest BCUT2D eigenvalue weighted by Crippen LogP contribution is -2.33. The van der Waals surface area contributed by atoms with Gasteiger partial charge in [-0.1, -0.05) is 125 Å². The fourth-order valence-electron chi connectivity index (χ4n) is 9.08. The fraction of sp³-hybridized carbons (Fsp3) is 0.133. The van der Waals surface area contributed by atoms with Crippen molar-refractivity contribution in [3.05, 3.63) is 149 Å². The molecule has 0 aliphatic carbocycles. The van der Waals surface area contributed by atoms with Crippen LogP contribution in [0.3, 0.4) is 0 Å². The van der Waals surface area contributed by atoms with E-state index in [0.29, 0.717) is 0 Å². The summed E-state index contributed by atoms with van der Waals surface area (Å²) in [6.07, 6.45) is 0. The highest BCUT2D eigenvalue weighted by Crippen LogP contribution is 2.57. The lowest BCUT2D eigenvalue weighted by Gasteiger charge is -2.42. The van der Waals surface area contributed by atoms with E-state index in [0.717, 1.165) is 5.56 Å². The minimum absolute atomic E-state index is 0.231. The van der Waals surface area contributed by atoms with Gasteiger partial charge in [0.2, 0.25) is 0 Å². The van der Waals surface area contributed by atoms with E-state index in [9.17, 15) is 5.26 Å². The molecule has 2 nitrogen and oxygen atoms in total. The minimum Gasteiger partial charge on any atom is -0.308 e. The maximum absolute atomic E-state index is 10.2. The zero-order valence-corrected chi connectivity index (χ0v) is 26.9. The molecule has 0 amide bonds. The molecule has 0 bridgehead atoms. The average Bonchev–Trinajstić information content (AvgIpc) is 3.43. The van der Waals surface area contributed by atoms with Gasteiger partial charge < -0.3 is 4.57 Å². The van der Waals surface area contributed by atoms with Crippen LogP contribution in [-0.4, -0.2) is 4.57 Å². The molecule has 7 aromatic carbocycles. The van der Waals surface area contributed by atoms with Crippen LogP contribution in [0.4, 0.5) is 0 Å². The zero-order chi connectivity index (χ0) is 31.8. The third-order valence-corrected chi connectivity index (χ3v) is 11.3. The van der Waals surface area contributed by atoms with Gasteiger partial charge in [0, 0.05) is 21.6 Å². The van der Waals surface area contributed by atoms with Gasteiger partial charge in [-0.15, -0.1) is 0 Å². The van der Waals surface area contributed by atoms with Gasteiger partial charge in [-0.05, 0) is 90.3 Å². The van der Waals surface area contributed by atoms with Gasteiger partial charge in [0.25, 0.3) is 0 Å². The highest BCUT2D eigenvalue weighted by molar-refractivity contribution is 6.22. The van der Waals surface area contributed by atoms with Gasteiger partial charge in [0.05, 0.1) is 28.4 Å². The van der Waals surface area contributed by atoms with Crippen molar-refractivity contribution in [2.45, 2.75) is 38.5 Å². The lowest BCUT2D eigenvalue weighted by atomic mass is 9.67. The Kier molecular flexibility index (Phi) is 4.96. The first-order chi connectivity index (χ1) is 22.8. The van der Waals surface area contributed by atoms with Gasteiger partial charge in [-0.3, -0.25) is 0 Å². The van der Waals surface area contributed by atoms with Crippen LogP contribution in [0.2, 0.25) is 0 Å². The number of hydrogen-bond acceptors (Lipinski definition) is 1. The van der Waals surface area contributed by atoms with Crippen LogP contribution in [0.15, 0.2) is 121 Å². The van der Waals surface area contributed by atoms with Crippen LogP contribution in [0.25, 0.3) is 71.3 Å². The van der Waals surface area contributed by atoms with E-state index in [4.69, 9.17) is 0 Å². The summed E-state index contributed by atoms with van der Waals surface area (Å²) >= 11 is 0. The number of hydrogen-bond donors (Lipinski definition) is 0. The molecule has 10 rings (SSSR count). The summed E-state index contributed by atoms with van der Waals surface area (Å²) in [5, 5.41) is 17.6. The maximum Gasteiger partial charge on any atom is 0.0991 e. The topological polar surface area (TPSA) is 28.7 Å². The number of rotatable bonds is 2. The summed E-state index contributed by atoms with van der Waals surface area (Å²) in [4.78, 5) is 0. The Hall–Kier alpha value is -5.65. The van der Waals surface area contributed by atoms with E-state index in [2.05, 4.69) is 160 Å². The predicted molar refractivity (Wildman–Crippen MR) is 196 cm³/mol. The second-order valence-corrected chi connectivity index (χ2v) is 14.4. The van der Waals surface area contributed by atoms with Crippen molar-refractivity contribution in [2.24, 2.45) is 0 Å². The van der Waals surface area contributed by atoms with E-state index in [1.165, 1.54) is 93.5 Å². The number of benzene rings is 7. The average molecular weight is 601 g/mol. The summed E-state index contributed by atoms with van der Waals surface area (Å²) in [5.74, 6) is 0. The monoisotopic (exact) mass is 600 g/mol. The smallest absolute Gasteiger partial charge is 0.0991 e. The maximum atomic E-state index is 10.2. The Labute approximate surface area is 274 Å². The summed E-state index contributed by atoms with van der Waals surface area (Å²) < 4.78 is 2.54. The van der Waals surface area contributed by atoms with Gasteiger partial charge in [-0.2, -0.15) is 5.26 Å². The predicted octanol–water partition coefficient (Wildman–Crippen LogP) is 11.6. The number of nitriles is 1. The molecule has 0 fully saturated rings. The largest absolute Gasteiger partial charge is 0.308 e. The van der Waals surface area contributed by atoms with Crippen molar-refractivity contribution in [2.75, 3.05) is 0 Å². The van der Waals surface area contributed by atoms with Gasteiger partial charge >= 0.3 is 0 Å². The quantitative estimate of drug-likeness (QED) is 0.181. The molecule has 0 unspecified atom stereocenters. The first kappa shape index (κ1) is 26.6. The molecular formula is C45H32N2. The van der Waals surface area contributed by atoms with E-state index in [1.54, 1.807) is 0 Å². The van der Waals surface area contributed by atoms with Crippen molar-refractivity contribution in [3.8, 4) is 34.0 Å². The lowest BCUT2D eigenvalue weighted by molar-refractivity contribution is 0.594. The van der Waals surface area contributed by atoms with E-state index < -0.39 is 0 Å². The molecule has 0 atom stereocenters. The molecule has 1 aromatic heterocycles. The summed E-state index contributed by atoms with van der Waals surface area (Å²) in [7, 11) is 0. The van der Waals surface area contributed by atoms with Gasteiger partial charge in [0.1, 0.15) is 0 Å². The van der Waals surface area contributed by atoms with Crippen LogP contribution in [0.1, 0.15) is 55.5 Å². The van der Waals surface area contributed by atoms with Crippen LogP contribution < -0.4 is 0 Å². The molecule has 0 spiro atoms. The van der Waals surface area contributed by atoms with Gasteiger partial charge in [-0.25, -0.2) is 0 Å². The Morgan fingerprint density at radius 3 is 1.57 bits per heavy atom. The molecule has 2 heteroatoms. The molecule has 8 aromatic rings. The molecule has 0 saturated heterocycles. The van der Waals surface area contributed by atoms with Crippen molar-refractivity contribution in [1.82, 2.24) is 4.57 Å². The van der Waals surface area contributed by atoms with Crippen LogP contribution >= 0.6 is 0 Å². The third kappa shape index (κ3) is 3.19. The normalized spacial score (nSPS) is 15.1. The van der Waals surface area contributed by atoms with Gasteiger partial charge in [0.15, 0.2) is 0 Å². The number of aromatic nitrogens is 1. The third-order valence-electron chi connectivity index (χ3n) is 11.3. The molecule has 0 radical (unpaired) electrons. The summed E-state index contributed by atoms with van der Waals surface area (Å²) in [5.41, 5.74) is 14.3. The van der Waals surface area contributed by atoms with Crippen molar-refractivity contribution < 1.29 is 0 Å². The molecule has 47 heavy (non-hydrogen) atoms. The summed E-state index contributed by atoms with van der Waals surface area (Å²) in [6, 6.07) is 47.1. The molecule has 3 heterocycles. The van der Waals surface area contributed by atoms with E-state index >= 15 is 0 Å². The molecule has 0 N–H and O–H groups in total. The molecule has 2 aliphatic heterocycles. The zero-order valence-electron chi connectivity index (χ0n) is 26.9. The second kappa shape index (κ2) is 8.78. The van der Waals surface area contributed by atoms with Crippen molar-refractivity contribution in [1.29, 1.82) is 5.26 Å². The van der Waals surface area contributed by atoms with Crippen molar-refractivity contribution >= 4 is 43.4 Å². The Morgan fingerprint density at radius 1 is 0.468 bits per heavy atom. The SMILES string of the molecule is CC1(C)c2cc(-c3c4ccccc4c(-c4ccccc4)c4ccccc34)cc3c2-n2c4c1cccc4c1cc(C#N)cc(c12)C3(C)C.